The van der Waals surface area contributed by atoms with Gasteiger partial charge in [0, 0.05) is 32.1 Å². The minimum atomic E-state index is -1.18. The largest absolute Gasteiger partial charge is 0.368 e. The fourth-order valence-corrected chi connectivity index (χ4v) is 4.44. The van der Waals surface area contributed by atoms with Crippen molar-refractivity contribution < 1.29 is 10.2 Å². The Hall–Kier alpha value is 0.0900. The molecule has 0 aromatic heterocycles. The van der Waals surface area contributed by atoms with E-state index in [0.29, 0.717) is 6.42 Å². The molecule has 0 bridgehead atoms. The lowest BCUT2D eigenvalue weighted by Gasteiger charge is -2.36. The van der Waals surface area contributed by atoms with Crippen LogP contribution in [0.1, 0.15) is 116 Å². The van der Waals surface area contributed by atoms with Crippen molar-refractivity contribution in [2.24, 2.45) is 0 Å². The summed E-state index contributed by atoms with van der Waals surface area (Å²) >= 11 is 0. The van der Waals surface area contributed by atoms with Crippen LogP contribution in [0.4, 0.5) is 0 Å². The fraction of sp³-hybridized carbons (Fsp3) is 1.00. The summed E-state index contributed by atoms with van der Waals surface area (Å²) in [6, 6.07) is 0.282. The van der Waals surface area contributed by atoms with Crippen molar-refractivity contribution >= 4 is 12.4 Å². The first-order valence-electron chi connectivity index (χ1n) is 12.5. The highest BCUT2D eigenvalue weighted by molar-refractivity contribution is 5.85. The van der Waals surface area contributed by atoms with Gasteiger partial charge in [-0.2, -0.15) is 0 Å². The molecule has 1 fully saturated rings. The van der Waals surface area contributed by atoms with Gasteiger partial charge in [-0.15, -0.1) is 12.4 Å². The number of hydrogen-bond donors (Lipinski definition) is 4. The zero-order valence-electron chi connectivity index (χ0n) is 20.0. The Morgan fingerprint density at radius 3 is 1.63 bits per heavy atom. The molecule has 0 saturated carbocycles. The Bertz CT molecular complexity index is 336. The van der Waals surface area contributed by atoms with Crippen molar-refractivity contribution in [3.8, 4) is 0 Å². The molecule has 6 heteroatoms. The summed E-state index contributed by atoms with van der Waals surface area (Å²) in [5.74, 6) is 0. The Morgan fingerprint density at radius 1 is 0.767 bits per heavy atom. The molecule has 30 heavy (non-hydrogen) atoms. The van der Waals surface area contributed by atoms with Gasteiger partial charge >= 0.3 is 0 Å². The molecule has 1 aliphatic rings. The predicted molar refractivity (Wildman–Crippen MR) is 133 cm³/mol. The van der Waals surface area contributed by atoms with E-state index in [1.807, 2.05) is 0 Å². The summed E-state index contributed by atoms with van der Waals surface area (Å²) in [6.45, 7) is 6.34. The maximum absolute atomic E-state index is 9.24. The van der Waals surface area contributed by atoms with Gasteiger partial charge in [0.05, 0.1) is 0 Å². The van der Waals surface area contributed by atoms with Crippen molar-refractivity contribution in [3.63, 3.8) is 0 Å². The topological polar surface area (TPSA) is 90.7 Å². The van der Waals surface area contributed by atoms with E-state index in [-0.39, 0.29) is 24.6 Å². The molecule has 0 radical (unpaired) electrons. The van der Waals surface area contributed by atoms with E-state index in [2.05, 4.69) is 17.1 Å². The van der Waals surface area contributed by atoms with E-state index in [1.165, 1.54) is 103 Å². The van der Waals surface area contributed by atoms with Crippen LogP contribution in [0.15, 0.2) is 0 Å². The summed E-state index contributed by atoms with van der Waals surface area (Å²) in [5.41, 5.74) is 0. The van der Waals surface area contributed by atoms with Crippen LogP contribution in [0.25, 0.3) is 0 Å². The van der Waals surface area contributed by atoms with Gasteiger partial charge in [0.1, 0.15) is 0 Å². The normalized spacial score (nSPS) is 17.0. The van der Waals surface area contributed by atoms with E-state index in [4.69, 9.17) is 0 Å². The zero-order chi connectivity index (χ0) is 20.3. The predicted octanol–water partition coefficient (Wildman–Crippen LogP) is 5.81. The number of unbranched alkanes of at least 4 members (excludes halogenated alkanes) is 15. The first-order valence-corrected chi connectivity index (χ1v) is 12.5. The van der Waals surface area contributed by atoms with Crippen LogP contribution >= 0.6 is 12.4 Å². The van der Waals surface area contributed by atoms with Gasteiger partial charge in [-0.3, -0.25) is 4.90 Å². The quantitative estimate of drug-likeness (QED) is 0.147. The van der Waals surface area contributed by atoms with Gasteiger partial charge < -0.3 is 21.7 Å². The molecule has 0 spiro atoms. The summed E-state index contributed by atoms with van der Waals surface area (Å²) in [6.07, 6.45) is 21.8. The molecular weight excluding hydrogens is 398 g/mol. The Balaban J connectivity index is 0. The van der Waals surface area contributed by atoms with Crippen molar-refractivity contribution in [2.75, 3.05) is 26.2 Å². The van der Waals surface area contributed by atoms with Gasteiger partial charge in [0.2, 0.25) is 0 Å². The average molecular weight is 452 g/mol. The molecule has 0 aliphatic carbocycles. The smallest absolute Gasteiger partial charge is 0.152 e. The number of nitrogens with zero attached hydrogens (tertiary/aromatic N) is 1. The number of hydrogen-bond acceptors (Lipinski definition) is 5. The third kappa shape index (κ3) is 18.8. The molecule has 0 amide bonds. The highest BCUT2D eigenvalue weighted by Crippen LogP contribution is 2.15. The van der Waals surface area contributed by atoms with Gasteiger partial charge in [0.15, 0.2) is 6.29 Å². The lowest BCUT2D eigenvalue weighted by atomic mass is 10.0. The van der Waals surface area contributed by atoms with Gasteiger partial charge in [-0.1, -0.05) is 103 Å². The van der Waals surface area contributed by atoms with Crippen LogP contribution in [0.5, 0.6) is 0 Å². The number of rotatable bonds is 19. The molecule has 5 nitrogen and oxygen atoms in total. The van der Waals surface area contributed by atoms with Crippen LogP contribution in [-0.4, -0.2) is 53.6 Å². The first kappa shape index (κ1) is 32.3. The van der Waals surface area contributed by atoms with E-state index in [0.717, 1.165) is 26.2 Å². The summed E-state index contributed by atoms with van der Waals surface area (Å²) in [7, 11) is 0. The Labute approximate surface area is 193 Å². The number of aliphatic hydroxyl groups excluding tert-OH is 1. The van der Waals surface area contributed by atoms with Crippen LogP contribution in [0.3, 0.4) is 0 Å². The molecule has 1 aliphatic heterocycles. The fourth-order valence-electron chi connectivity index (χ4n) is 4.44. The van der Waals surface area contributed by atoms with E-state index in [1.54, 1.807) is 0 Å². The Morgan fingerprint density at radius 2 is 1.20 bits per heavy atom. The highest BCUT2D eigenvalue weighted by atomic mass is 35.5. The molecule has 184 valence electrons. The van der Waals surface area contributed by atoms with Gasteiger partial charge in [0.25, 0.3) is 0 Å². The number of nitrogens with one attached hydrogen (secondary N) is 1. The summed E-state index contributed by atoms with van der Waals surface area (Å²) in [5, 5.41) is 21.8. The van der Waals surface area contributed by atoms with Crippen molar-refractivity contribution in [3.05, 3.63) is 0 Å². The number of aliphatic hydroxyl groups is 2. The monoisotopic (exact) mass is 451 g/mol. The van der Waals surface area contributed by atoms with Crippen molar-refractivity contribution in [2.45, 2.75) is 128 Å². The molecule has 0 aromatic carbocycles. The van der Waals surface area contributed by atoms with Crippen LogP contribution in [0.2, 0.25) is 0 Å². The molecule has 1 saturated heterocycles. The zero-order valence-corrected chi connectivity index (χ0v) is 20.8. The second-order valence-electron chi connectivity index (χ2n) is 8.91. The molecule has 1 atom stereocenters. The standard InChI is InChI=1S/C24H50N2O2.ClH.H3N/c1-2-3-4-5-6-7-8-9-10-11-12-13-14-15-16-17-19-26-20-18-25-22-23(26)21-24(27)28;;/h23-25,27-28H,2-22H2,1H3;1H;1H3. The minimum Gasteiger partial charge on any atom is -0.368 e. The van der Waals surface area contributed by atoms with Gasteiger partial charge in [-0.25, -0.2) is 0 Å². The lowest BCUT2D eigenvalue weighted by Crippen LogP contribution is -2.52. The SMILES string of the molecule is CCCCCCCCCCCCCCCCCCN1CCNCC1CC(O)O.Cl.N. The first-order chi connectivity index (χ1) is 13.7. The number of halogens is 1. The van der Waals surface area contributed by atoms with Gasteiger partial charge in [-0.05, 0) is 13.0 Å². The number of piperazine rings is 1. The third-order valence-electron chi connectivity index (χ3n) is 6.25. The second-order valence-corrected chi connectivity index (χ2v) is 8.91. The molecule has 6 N–H and O–H groups in total. The van der Waals surface area contributed by atoms with Crippen LogP contribution in [0, 0.1) is 0 Å². The van der Waals surface area contributed by atoms with E-state index >= 15 is 0 Å². The van der Waals surface area contributed by atoms with Crippen molar-refractivity contribution in [1.29, 1.82) is 0 Å². The maximum Gasteiger partial charge on any atom is 0.152 e. The second kappa shape index (κ2) is 23.7. The third-order valence-corrected chi connectivity index (χ3v) is 6.25. The van der Waals surface area contributed by atoms with Crippen LogP contribution in [-0.2, 0) is 0 Å². The lowest BCUT2D eigenvalue weighted by molar-refractivity contribution is -0.0644. The highest BCUT2D eigenvalue weighted by Gasteiger charge is 2.23. The van der Waals surface area contributed by atoms with E-state index in [9.17, 15) is 10.2 Å². The molecule has 1 rings (SSSR count). The molecule has 1 unspecified atom stereocenters. The molecular formula is C24H54ClN3O2. The maximum atomic E-state index is 9.24. The Kier molecular flexibility index (Phi) is 25.5. The summed E-state index contributed by atoms with van der Waals surface area (Å²) in [4.78, 5) is 2.44. The van der Waals surface area contributed by atoms with Crippen molar-refractivity contribution in [1.82, 2.24) is 16.4 Å². The van der Waals surface area contributed by atoms with Crippen LogP contribution < -0.4 is 11.5 Å². The minimum absolute atomic E-state index is 0. The van der Waals surface area contributed by atoms with E-state index < -0.39 is 6.29 Å². The molecule has 0 aromatic rings. The summed E-state index contributed by atoms with van der Waals surface area (Å²) < 4.78 is 0. The molecule has 1 heterocycles. The average Bonchev–Trinajstić information content (AvgIpc) is 2.68.